The van der Waals surface area contributed by atoms with Crippen molar-refractivity contribution < 1.29 is 23.4 Å². The highest BCUT2D eigenvalue weighted by Gasteiger charge is 2.33. The Morgan fingerprint density at radius 1 is 1.44 bits per heavy atom. The van der Waals surface area contributed by atoms with Gasteiger partial charge in [-0.25, -0.2) is 8.78 Å². The van der Waals surface area contributed by atoms with Gasteiger partial charge in [0.15, 0.2) is 0 Å². The molecule has 0 radical (unpaired) electrons. The van der Waals surface area contributed by atoms with Gasteiger partial charge in [-0.05, 0) is 6.42 Å². The van der Waals surface area contributed by atoms with Gasteiger partial charge in [-0.2, -0.15) is 0 Å². The molecule has 1 aliphatic rings. The van der Waals surface area contributed by atoms with Crippen LogP contribution in [-0.2, 0) is 4.79 Å². The number of hydrogen-bond donors (Lipinski definition) is 2. The van der Waals surface area contributed by atoms with Crippen LogP contribution in [0.4, 0.5) is 8.78 Å². The third-order valence-electron chi connectivity index (χ3n) is 3.12. The zero-order valence-electron chi connectivity index (χ0n) is 9.74. The van der Waals surface area contributed by atoms with E-state index < -0.39 is 29.6 Å². The van der Waals surface area contributed by atoms with Crippen LogP contribution < -0.4 is 10.1 Å². The number of carbonyl (C=O) groups is 1. The van der Waals surface area contributed by atoms with Crippen molar-refractivity contribution >= 4 is 5.97 Å². The summed E-state index contributed by atoms with van der Waals surface area (Å²) >= 11 is 0. The van der Waals surface area contributed by atoms with E-state index in [-0.39, 0.29) is 24.3 Å². The minimum Gasteiger partial charge on any atom is -0.497 e. The average Bonchev–Trinajstić information content (AvgIpc) is 2.77. The molecule has 2 rings (SSSR count). The largest absolute Gasteiger partial charge is 0.497 e. The van der Waals surface area contributed by atoms with Gasteiger partial charge >= 0.3 is 5.97 Å². The molecule has 98 valence electrons. The van der Waals surface area contributed by atoms with Crippen molar-refractivity contribution in [1.82, 2.24) is 5.32 Å². The second kappa shape index (κ2) is 4.89. The van der Waals surface area contributed by atoms with E-state index in [0.29, 0.717) is 0 Å². The van der Waals surface area contributed by atoms with Gasteiger partial charge in [0, 0.05) is 30.3 Å². The second-order valence-electron chi connectivity index (χ2n) is 4.24. The van der Waals surface area contributed by atoms with Crippen molar-refractivity contribution in [1.29, 1.82) is 0 Å². The molecular weight excluding hydrogens is 244 g/mol. The molecule has 1 aliphatic heterocycles. The molecule has 0 saturated carbocycles. The van der Waals surface area contributed by atoms with E-state index in [2.05, 4.69) is 5.32 Å². The first-order valence-corrected chi connectivity index (χ1v) is 5.52. The van der Waals surface area contributed by atoms with E-state index in [9.17, 15) is 13.6 Å². The van der Waals surface area contributed by atoms with Crippen LogP contribution >= 0.6 is 0 Å². The third kappa shape index (κ3) is 2.28. The second-order valence-corrected chi connectivity index (χ2v) is 4.24. The summed E-state index contributed by atoms with van der Waals surface area (Å²) in [4.78, 5) is 10.8. The molecule has 4 nitrogen and oxygen atoms in total. The molecule has 6 heteroatoms. The molecule has 2 N–H and O–H groups in total. The quantitative estimate of drug-likeness (QED) is 0.865. The standard InChI is InChI=1S/C12H13F2NO3/c1-18-7-3-8(13)11(9(14)4-7)10-2-6(5-15-10)12(16)17/h3-4,6,10,15H,2,5H2,1H3,(H,16,17). The van der Waals surface area contributed by atoms with Gasteiger partial charge in [0.05, 0.1) is 13.0 Å². The number of methoxy groups -OCH3 is 1. The maximum Gasteiger partial charge on any atom is 0.307 e. The first kappa shape index (κ1) is 12.8. The smallest absolute Gasteiger partial charge is 0.307 e. The number of nitrogens with one attached hydrogen (secondary N) is 1. The summed E-state index contributed by atoms with van der Waals surface area (Å²) in [7, 11) is 1.32. The first-order valence-electron chi connectivity index (χ1n) is 5.52. The average molecular weight is 257 g/mol. The van der Waals surface area contributed by atoms with Crippen molar-refractivity contribution in [2.24, 2.45) is 5.92 Å². The number of halogens is 2. The Kier molecular flexibility index (Phi) is 3.47. The molecule has 0 aliphatic carbocycles. The predicted octanol–water partition coefficient (Wildman–Crippen LogP) is 1.71. The van der Waals surface area contributed by atoms with Crippen LogP contribution in [0, 0.1) is 17.6 Å². The van der Waals surface area contributed by atoms with Crippen LogP contribution in [0.25, 0.3) is 0 Å². The van der Waals surface area contributed by atoms with Gasteiger partial charge in [0.1, 0.15) is 17.4 Å². The molecule has 1 aromatic rings. The SMILES string of the molecule is COc1cc(F)c(C2CC(C(=O)O)CN2)c(F)c1. The maximum absolute atomic E-state index is 13.8. The predicted molar refractivity (Wildman–Crippen MR) is 59.4 cm³/mol. The number of benzene rings is 1. The molecule has 2 atom stereocenters. The summed E-state index contributed by atoms with van der Waals surface area (Å²) in [5.41, 5.74) is -0.125. The van der Waals surface area contributed by atoms with Crippen LogP contribution in [0.2, 0.25) is 0 Å². The molecule has 2 unspecified atom stereocenters. The number of aliphatic carboxylic acids is 1. The zero-order chi connectivity index (χ0) is 13.3. The van der Waals surface area contributed by atoms with Crippen molar-refractivity contribution in [2.75, 3.05) is 13.7 Å². The highest BCUT2D eigenvalue weighted by molar-refractivity contribution is 5.70. The van der Waals surface area contributed by atoms with Gasteiger partial charge in [-0.3, -0.25) is 4.79 Å². The van der Waals surface area contributed by atoms with Crippen LogP contribution in [0.15, 0.2) is 12.1 Å². The Balaban J connectivity index is 2.27. The van der Waals surface area contributed by atoms with E-state index >= 15 is 0 Å². The Morgan fingerprint density at radius 2 is 2.06 bits per heavy atom. The van der Waals surface area contributed by atoms with Crippen molar-refractivity contribution in [3.63, 3.8) is 0 Å². The van der Waals surface area contributed by atoms with Gasteiger partial charge in [-0.1, -0.05) is 0 Å². The van der Waals surface area contributed by atoms with Crippen molar-refractivity contribution in [2.45, 2.75) is 12.5 Å². The fraction of sp³-hybridized carbons (Fsp3) is 0.417. The lowest BCUT2D eigenvalue weighted by atomic mass is 9.99. The molecule has 0 aromatic heterocycles. The lowest BCUT2D eigenvalue weighted by Crippen LogP contribution is -2.18. The normalized spacial score (nSPS) is 23.1. The number of rotatable bonds is 3. The van der Waals surface area contributed by atoms with Gasteiger partial charge in [-0.15, -0.1) is 0 Å². The zero-order valence-corrected chi connectivity index (χ0v) is 9.74. The van der Waals surface area contributed by atoms with Crippen LogP contribution in [0.3, 0.4) is 0 Å². The molecule has 1 aromatic carbocycles. The van der Waals surface area contributed by atoms with Gasteiger partial charge < -0.3 is 15.2 Å². The summed E-state index contributed by atoms with van der Waals surface area (Å²) < 4.78 is 32.3. The summed E-state index contributed by atoms with van der Waals surface area (Å²) in [6.45, 7) is 0.213. The minimum absolute atomic E-state index is 0.0986. The van der Waals surface area contributed by atoms with Crippen LogP contribution in [-0.4, -0.2) is 24.7 Å². The molecule has 18 heavy (non-hydrogen) atoms. The number of carboxylic acid groups (broad SMARTS) is 1. The fourth-order valence-electron chi connectivity index (χ4n) is 2.16. The number of hydrogen-bond acceptors (Lipinski definition) is 3. The molecule has 0 bridgehead atoms. The Hall–Kier alpha value is -1.69. The Bertz CT molecular complexity index is 455. The molecule has 1 heterocycles. The summed E-state index contributed by atoms with van der Waals surface area (Å²) in [6, 6.07) is 1.57. The Morgan fingerprint density at radius 3 is 2.50 bits per heavy atom. The highest BCUT2D eigenvalue weighted by atomic mass is 19.1. The summed E-state index contributed by atoms with van der Waals surface area (Å²) in [5.74, 6) is -2.93. The summed E-state index contributed by atoms with van der Waals surface area (Å²) in [5, 5.41) is 11.7. The van der Waals surface area contributed by atoms with E-state index in [1.54, 1.807) is 0 Å². The highest BCUT2D eigenvalue weighted by Crippen LogP contribution is 2.32. The van der Waals surface area contributed by atoms with Gasteiger partial charge in [0.2, 0.25) is 0 Å². The van der Waals surface area contributed by atoms with Crippen LogP contribution in [0.5, 0.6) is 5.75 Å². The minimum atomic E-state index is -0.959. The van der Waals surface area contributed by atoms with Crippen molar-refractivity contribution in [3.05, 3.63) is 29.3 Å². The molecule has 0 amide bonds. The third-order valence-corrected chi connectivity index (χ3v) is 3.12. The lowest BCUT2D eigenvalue weighted by molar-refractivity contribution is -0.141. The number of carboxylic acids is 1. The van der Waals surface area contributed by atoms with E-state index in [0.717, 1.165) is 12.1 Å². The van der Waals surface area contributed by atoms with Crippen molar-refractivity contribution in [3.8, 4) is 5.75 Å². The fourth-order valence-corrected chi connectivity index (χ4v) is 2.16. The first-order chi connectivity index (χ1) is 8.52. The Labute approximate surface area is 103 Å². The van der Waals surface area contributed by atoms with E-state index in [1.807, 2.05) is 0 Å². The maximum atomic E-state index is 13.8. The number of ether oxygens (including phenoxy) is 1. The summed E-state index contributed by atoms with van der Waals surface area (Å²) in [6.07, 6.45) is 0.176. The molecular formula is C12H13F2NO3. The lowest BCUT2D eigenvalue weighted by Gasteiger charge is -2.14. The molecule has 1 saturated heterocycles. The topological polar surface area (TPSA) is 58.6 Å². The van der Waals surface area contributed by atoms with E-state index in [1.165, 1.54) is 7.11 Å². The van der Waals surface area contributed by atoms with Gasteiger partial charge in [0.25, 0.3) is 0 Å². The van der Waals surface area contributed by atoms with Crippen LogP contribution in [0.1, 0.15) is 18.0 Å². The molecule has 0 spiro atoms. The van der Waals surface area contributed by atoms with E-state index in [4.69, 9.17) is 9.84 Å². The monoisotopic (exact) mass is 257 g/mol. The molecule has 1 fully saturated rings.